The standard InChI is InChI=1S/C17H14BrN3O3/c1-21-16(15(19-20-21)17(22)23-2)24-14-9-5-12(6-10-14)11-3-7-13(18)8-4-11/h3-10H,1-2H3. The summed E-state index contributed by atoms with van der Waals surface area (Å²) in [5, 5.41) is 7.56. The van der Waals surface area contributed by atoms with Gasteiger partial charge in [-0.15, -0.1) is 5.10 Å². The van der Waals surface area contributed by atoms with Gasteiger partial charge in [0.25, 0.3) is 5.88 Å². The quantitative estimate of drug-likeness (QED) is 0.636. The van der Waals surface area contributed by atoms with E-state index in [4.69, 9.17) is 4.74 Å². The molecule has 6 nitrogen and oxygen atoms in total. The van der Waals surface area contributed by atoms with Gasteiger partial charge in [-0.3, -0.25) is 0 Å². The Balaban J connectivity index is 1.84. The Morgan fingerprint density at radius 3 is 2.21 bits per heavy atom. The van der Waals surface area contributed by atoms with Crippen LogP contribution in [0.15, 0.2) is 53.0 Å². The number of esters is 1. The monoisotopic (exact) mass is 387 g/mol. The minimum atomic E-state index is -0.593. The lowest BCUT2D eigenvalue weighted by molar-refractivity contribution is 0.0591. The Labute approximate surface area is 147 Å². The summed E-state index contributed by atoms with van der Waals surface area (Å²) in [4.78, 5) is 11.7. The van der Waals surface area contributed by atoms with Crippen LogP contribution >= 0.6 is 15.9 Å². The van der Waals surface area contributed by atoms with E-state index in [1.54, 1.807) is 7.05 Å². The van der Waals surface area contributed by atoms with Crippen LogP contribution in [0.1, 0.15) is 10.5 Å². The van der Waals surface area contributed by atoms with Crippen molar-refractivity contribution >= 4 is 21.9 Å². The summed E-state index contributed by atoms with van der Waals surface area (Å²) in [7, 11) is 2.93. The fourth-order valence-electron chi connectivity index (χ4n) is 2.16. The zero-order valence-electron chi connectivity index (χ0n) is 13.1. The van der Waals surface area contributed by atoms with Gasteiger partial charge in [-0.05, 0) is 35.4 Å². The number of aromatic nitrogens is 3. The average Bonchev–Trinajstić information content (AvgIpc) is 2.96. The van der Waals surface area contributed by atoms with Crippen molar-refractivity contribution in [3.8, 4) is 22.8 Å². The Kier molecular flexibility index (Phi) is 4.61. The summed E-state index contributed by atoms with van der Waals surface area (Å²) in [6.07, 6.45) is 0. The van der Waals surface area contributed by atoms with E-state index in [1.165, 1.54) is 11.8 Å². The molecular formula is C17H14BrN3O3. The Morgan fingerprint density at radius 1 is 1.04 bits per heavy atom. The first-order chi connectivity index (χ1) is 11.6. The largest absolute Gasteiger partial charge is 0.464 e. The number of carbonyl (C=O) groups excluding carboxylic acids is 1. The highest BCUT2D eigenvalue weighted by molar-refractivity contribution is 9.10. The zero-order valence-corrected chi connectivity index (χ0v) is 14.6. The topological polar surface area (TPSA) is 66.2 Å². The number of halogens is 1. The van der Waals surface area contributed by atoms with E-state index in [-0.39, 0.29) is 11.6 Å². The van der Waals surface area contributed by atoms with Crippen LogP contribution in [-0.4, -0.2) is 28.1 Å². The molecule has 3 aromatic rings. The SMILES string of the molecule is COC(=O)c1nnn(C)c1Oc1ccc(-c2ccc(Br)cc2)cc1. The Hall–Kier alpha value is -2.67. The maximum absolute atomic E-state index is 11.7. The van der Waals surface area contributed by atoms with Crippen molar-refractivity contribution in [3.05, 3.63) is 58.7 Å². The first-order valence-corrected chi connectivity index (χ1v) is 7.89. The van der Waals surface area contributed by atoms with E-state index in [1.807, 2.05) is 48.5 Å². The van der Waals surface area contributed by atoms with E-state index in [9.17, 15) is 4.79 Å². The third-order valence-electron chi connectivity index (χ3n) is 3.40. The molecule has 0 unspecified atom stereocenters. The zero-order chi connectivity index (χ0) is 17.1. The van der Waals surface area contributed by atoms with Crippen LogP contribution in [-0.2, 0) is 11.8 Å². The molecule has 1 heterocycles. The first-order valence-electron chi connectivity index (χ1n) is 7.10. The molecule has 7 heteroatoms. The van der Waals surface area contributed by atoms with Crippen molar-refractivity contribution in [1.29, 1.82) is 0 Å². The summed E-state index contributed by atoms with van der Waals surface area (Å²) in [6.45, 7) is 0. The van der Waals surface area contributed by atoms with Gasteiger partial charge in [0.1, 0.15) is 5.75 Å². The molecule has 122 valence electrons. The van der Waals surface area contributed by atoms with Crippen LogP contribution in [0.25, 0.3) is 11.1 Å². The third kappa shape index (κ3) is 3.30. The van der Waals surface area contributed by atoms with Crippen LogP contribution in [0.2, 0.25) is 0 Å². The molecule has 0 atom stereocenters. The summed E-state index contributed by atoms with van der Waals surface area (Å²) in [5.74, 6) is 0.217. The van der Waals surface area contributed by atoms with Crippen molar-refractivity contribution in [3.63, 3.8) is 0 Å². The summed E-state index contributed by atoms with van der Waals surface area (Å²) >= 11 is 3.42. The number of hydrogen-bond donors (Lipinski definition) is 0. The Bertz CT molecular complexity index is 858. The van der Waals surface area contributed by atoms with Gasteiger partial charge in [-0.25, -0.2) is 9.48 Å². The van der Waals surface area contributed by atoms with E-state index >= 15 is 0 Å². The van der Waals surface area contributed by atoms with Gasteiger partial charge >= 0.3 is 5.97 Å². The van der Waals surface area contributed by atoms with Gasteiger partial charge < -0.3 is 9.47 Å². The molecule has 24 heavy (non-hydrogen) atoms. The number of rotatable bonds is 4. The predicted octanol–water partition coefficient (Wildman–Crippen LogP) is 3.82. The van der Waals surface area contributed by atoms with E-state index in [0.717, 1.165) is 15.6 Å². The van der Waals surface area contributed by atoms with Crippen molar-refractivity contribution < 1.29 is 14.3 Å². The molecule has 1 aromatic heterocycles. The number of nitrogens with zero attached hydrogens (tertiary/aromatic N) is 3. The summed E-state index contributed by atoms with van der Waals surface area (Å²) in [5.41, 5.74) is 2.20. The highest BCUT2D eigenvalue weighted by Gasteiger charge is 2.21. The van der Waals surface area contributed by atoms with Gasteiger partial charge in [-0.2, -0.15) is 0 Å². The van der Waals surface area contributed by atoms with Crippen molar-refractivity contribution in [1.82, 2.24) is 15.0 Å². The molecule has 0 aliphatic heterocycles. The van der Waals surface area contributed by atoms with Crippen molar-refractivity contribution in [2.75, 3.05) is 7.11 Å². The minimum absolute atomic E-state index is 0.0389. The molecule has 0 aliphatic rings. The number of benzene rings is 2. The summed E-state index contributed by atoms with van der Waals surface area (Å²) in [6, 6.07) is 15.6. The number of hydrogen-bond acceptors (Lipinski definition) is 5. The first kappa shape index (κ1) is 16.2. The second kappa shape index (κ2) is 6.84. The van der Waals surface area contributed by atoms with E-state index in [0.29, 0.717) is 5.75 Å². The second-order valence-corrected chi connectivity index (χ2v) is 5.91. The molecule has 0 saturated heterocycles. The average molecular weight is 388 g/mol. The Morgan fingerprint density at radius 2 is 1.62 bits per heavy atom. The van der Waals surface area contributed by atoms with Gasteiger partial charge in [0.2, 0.25) is 5.69 Å². The molecular weight excluding hydrogens is 374 g/mol. The predicted molar refractivity (Wildman–Crippen MR) is 92.0 cm³/mol. The van der Waals surface area contributed by atoms with E-state index in [2.05, 4.69) is 31.0 Å². The number of methoxy groups -OCH3 is 1. The highest BCUT2D eigenvalue weighted by Crippen LogP contribution is 2.27. The maximum atomic E-state index is 11.7. The molecule has 0 fully saturated rings. The van der Waals surface area contributed by atoms with Gasteiger partial charge in [-0.1, -0.05) is 45.4 Å². The fourth-order valence-corrected chi connectivity index (χ4v) is 2.42. The lowest BCUT2D eigenvalue weighted by Crippen LogP contribution is -2.05. The molecule has 3 rings (SSSR count). The third-order valence-corrected chi connectivity index (χ3v) is 3.93. The van der Waals surface area contributed by atoms with E-state index < -0.39 is 5.97 Å². The van der Waals surface area contributed by atoms with Gasteiger partial charge in [0, 0.05) is 11.5 Å². The number of ether oxygens (including phenoxy) is 2. The molecule has 0 amide bonds. The normalized spacial score (nSPS) is 10.5. The van der Waals surface area contributed by atoms with Crippen LogP contribution in [0.4, 0.5) is 0 Å². The lowest BCUT2D eigenvalue weighted by atomic mass is 10.1. The number of aryl methyl sites for hydroxylation is 1. The molecule has 0 bridgehead atoms. The molecule has 0 aliphatic carbocycles. The van der Waals surface area contributed by atoms with Crippen LogP contribution in [0, 0.1) is 0 Å². The molecule has 0 spiro atoms. The van der Waals surface area contributed by atoms with Crippen LogP contribution < -0.4 is 4.74 Å². The molecule has 0 radical (unpaired) electrons. The van der Waals surface area contributed by atoms with Crippen molar-refractivity contribution in [2.45, 2.75) is 0 Å². The molecule has 0 N–H and O–H groups in total. The lowest BCUT2D eigenvalue weighted by Gasteiger charge is -2.08. The summed E-state index contributed by atoms with van der Waals surface area (Å²) < 4.78 is 12.8. The van der Waals surface area contributed by atoms with Gasteiger partial charge in [0.15, 0.2) is 0 Å². The smallest absolute Gasteiger partial charge is 0.364 e. The maximum Gasteiger partial charge on any atom is 0.364 e. The highest BCUT2D eigenvalue weighted by atomic mass is 79.9. The van der Waals surface area contributed by atoms with Crippen LogP contribution in [0.3, 0.4) is 0 Å². The minimum Gasteiger partial charge on any atom is -0.464 e. The van der Waals surface area contributed by atoms with Crippen LogP contribution in [0.5, 0.6) is 11.6 Å². The van der Waals surface area contributed by atoms with Gasteiger partial charge in [0.05, 0.1) is 7.11 Å². The molecule has 2 aromatic carbocycles. The van der Waals surface area contributed by atoms with Crippen molar-refractivity contribution in [2.24, 2.45) is 7.05 Å². The second-order valence-electron chi connectivity index (χ2n) is 4.99. The molecule has 0 saturated carbocycles. The fraction of sp³-hybridized carbons (Fsp3) is 0.118. The number of carbonyl (C=O) groups is 1.